The fraction of sp³-hybridized carbons (Fsp3) is 1.00. The molecule has 0 radical (unpaired) electrons. The van der Waals surface area contributed by atoms with Crippen LogP contribution in [0.1, 0.15) is 44.9 Å². The van der Waals surface area contributed by atoms with Gasteiger partial charge in [0.2, 0.25) is 10.0 Å². The zero-order valence-electron chi connectivity index (χ0n) is 11.9. The zero-order chi connectivity index (χ0) is 14.6. The minimum atomic E-state index is -3.25. The van der Waals surface area contributed by atoms with Gasteiger partial charge >= 0.3 is 0 Å². The lowest BCUT2D eigenvalue weighted by molar-refractivity contribution is 0.472. The molecule has 20 heavy (non-hydrogen) atoms. The highest BCUT2D eigenvalue weighted by Crippen LogP contribution is 2.27. The standard InChI is InChI=1S/C13H25NO4S2/c15-19(16)8-3-6-13(11-19)10-14-20(17,18)9-7-12-4-1-2-5-12/h12-14H,1-11H2. The van der Waals surface area contributed by atoms with E-state index in [2.05, 4.69) is 4.72 Å². The second kappa shape index (κ2) is 6.75. The van der Waals surface area contributed by atoms with Crippen molar-refractivity contribution in [3.8, 4) is 0 Å². The Morgan fingerprint density at radius 3 is 2.30 bits per heavy atom. The third kappa shape index (κ3) is 5.33. The van der Waals surface area contributed by atoms with Crippen LogP contribution in [0, 0.1) is 11.8 Å². The Labute approximate surface area is 122 Å². The predicted molar refractivity (Wildman–Crippen MR) is 79.7 cm³/mol. The van der Waals surface area contributed by atoms with Crippen molar-refractivity contribution in [1.29, 1.82) is 0 Å². The van der Waals surface area contributed by atoms with Gasteiger partial charge < -0.3 is 0 Å². The first-order chi connectivity index (χ1) is 9.36. The molecule has 2 rings (SSSR count). The van der Waals surface area contributed by atoms with E-state index >= 15 is 0 Å². The minimum Gasteiger partial charge on any atom is -0.229 e. The van der Waals surface area contributed by atoms with Crippen LogP contribution in [0.3, 0.4) is 0 Å². The summed E-state index contributed by atoms with van der Waals surface area (Å²) in [6, 6.07) is 0. The van der Waals surface area contributed by atoms with Gasteiger partial charge in [0, 0.05) is 6.54 Å². The van der Waals surface area contributed by atoms with Gasteiger partial charge in [-0.05, 0) is 31.1 Å². The molecule has 2 fully saturated rings. The van der Waals surface area contributed by atoms with E-state index in [4.69, 9.17) is 0 Å². The number of hydrogen-bond acceptors (Lipinski definition) is 4. The van der Waals surface area contributed by atoms with Gasteiger partial charge in [-0.2, -0.15) is 0 Å². The Kier molecular flexibility index (Phi) is 5.48. The van der Waals surface area contributed by atoms with E-state index in [-0.39, 0.29) is 29.7 Å². The second-order valence-corrected chi connectivity index (χ2v) is 10.4. The van der Waals surface area contributed by atoms with Crippen molar-refractivity contribution in [1.82, 2.24) is 4.72 Å². The van der Waals surface area contributed by atoms with Crippen LogP contribution in [0.2, 0.25) is 0 Å². The summed E-state index contributed by atoms with van der Waals surface area (Å²) >= 11 is 0. The van der Waals surface area contributed by atoms with E-state index in [9.17, 15) is 16.8 Å². The predicted octanol–water partition coefficient (Wildman–Crippen LogP) is 1.31. The van der Waals surface area contributed by atoms with Crippen molar-refractivity contribution < 1.29 is 16.8 Å². The third-order valence-corrected chi connectivity index (χ3v) is 7.69. The number of nitrogens with one attached hydrogen (secondary N) is 1. The summed E-state index contributed by atoms with van der Waals surface area (Å²) in [5.41, 5.74) is 0. The molecule has 1 atom stereocenters. The molecule has 0 bridgehead atoms. The van der Waals surface area contributed by atoms with E-state index in [1.54, 1.807) is 0 Å². The molecule has 0 spiro atoms. The first-order valence-corrected chi connectivity index (χ1v) is 11.0. The van der Waals surface area contributed by atoms with E-state index in [0.717, 1.165) is 25.7 Å². The van der Waals surface area contributed by atoms with Gasteiger partial charge in [0.05, 0.1) is 17.3 Å². The summed E-state index contributed by atoms with van der Waals surface area (Å²) in [7, 11) is -6.21. The van der Waals surface area contributed by atoms with Gasteiger partial charge in [-0.1, -0.05) is 25.7 Å². The van der Waals surface area contributed by atoms with Crippen LogP contribution in [-0.2, 0) is 19.9 Å². The van der Waals surface area contributed by atoms with Gasteiger partial charge in [0.1, 0.15) is 0 Å². The van der Waals surface area contributed by atoms with Gasteiger partial charge in [0.25, 0.3) is 0 Å². The van der Waals surface area contributed by atoms with Gasteiger partial charge in [-0.15, -0.1) is 0 Å². The topological polar surface area (TPSA) is 80.3 Å². The Bertz CT molecular complexity index is 506. The van der Waals surface area contributed by atoms with Crippen LogP contribution >= 0.6 is 0 Å². The smallest absolute Gasteiger partial charge is 0.211 e. The van der Waals surface area contributed by atoms with Crippen LogP contribution in [0.4, 0.5) is 0 Å². The molecule has 1 unspecified atom stereocenters. The minimum absolute atomic E-state index is 0.0602. The number of sulfonamides is 1. The summed E-state index contributed by atoms with van der Waals surface area (Å²) < 4.78 is 49.5. The van der Waals surface area contributed by atoms with Crippen molar-refractivity contribution in [2.75, 3.05) is 23.8 Å². The van der Waals surface area contributed by atoms with Crippen LogP contribution in [0.5, 0.6) is 0 Å². The molecule has 0 aromatic carbocycles. The molecule has 1 aliphatic heterocycles. The molecule has 1 N–H and O–H groups in total. The second-order valence-electron chi connectivity index (χ2n) is 6.23. The average Bonchev–Trinajstić information content (AvgIpc) is 2.86. The maximum absolute atomic E-state index is 11.9. The van der Waals surface area contributed by atoms with Crippen molar-refractivity contribution >= 4 is 19.9 Å². The van der Waals surface area contributed by atoms with Crippen molar-refractivity contribution in [2.45, 2.75) is 44.9 Å². The molecule has 0 aromatic heterocycles. The fourth-order valence-corrected chi connectivity index (χ4v) is 6.27. The largest absolute Gasteiger partial charge is 0.229 e. The first-order valence-electron chi connectivity index (χ1n) is 7.54. The molecule has 1 heterocycles. The highest BCUT2D eigenvalue weighted by atomic mass is 32.2. The molecule has 0 amide bonds. The number of hydrogen-bond donors (Lipinski definition) is 1. The van der Waals surface area contributed by atoms with Crippen LogP contribution in [0.15, 0.2) is 0 Å². The van der Waals surface area contributed by atoms with E-state index < -0.39 is 19.9 Å². The van der Waals surface area contributed by atoms with E-state index in [0.29, 0.717) is 12.3 Å². The Morgan fingerprint density at radius 1 is 1.00 bits per heavy atom. The molecule has 7 heteroatoms. The monoisotopic (exact) mass is 323 g/mol. The first kappa shape index (κ1) is 16.2. The van der Waals surface area contributed by atoms with Crippen molar-refractivity contribution in [3.63, 3.8) is 0 Å². The highest BCUT2D eigenvalue weighted by Gasteiger charge is 2.26. The van der Waals surface area contributed by atoms with Crippen LogP contribution in [-0.4, -0.2) is 40.6 Å². The van der Waals surface area contributed by atoms with Crippen molar-refractivity contribution in [2.24, 2.45) is 11.8 Å². The summed E-state index contributed by atoms with van der Waals surface area (Å²) in [5, 5.41) is 0. The summed E-state index contributed by atoms with van der Waals surface area (Å²) in [4.78, 5) is 0. The number of sulfone groups is 1. The molecule has 2 aliphatic rings. The maximum Gasteiger partial charge on any atom is 0.211 e. The van der Waals surface area contributed by atoms with Gasteiger partial charge in [-0.3, -0.25) is 0 Å². The van der Waals surface area contributed by atoms with Crippen LogP contribution in [0.25, 0.3) is 0 Å². The van der Waals surface area contributed by atoms with Gasteiger partial charge in [0.15, 0.2) is 9.84 Å². The highest BCUT2D eigenvalue weighted by molar-refractivity contribution is 7.91. The van der Waals surface area contributed by atoms with E-state index in [1.165, 1.54) is 12.8 Å². The van der Waals surface area contributed by atoms with Gasteiger partial charge in [-0.25, -0.2) is 21.6 Å². The average molecular weight is 323 g/mol. The zero-order valence-corrected chi connectivity index (χ0v) is 13.5. The summed E-state index contributed by atoms with van der Waals surface area (Å²) in [6.07, 6.45) is 6.92. The Morgan fingerprint density at radius 2 is 1.65 bits per heavy atom. The maximum atomic E-state index is 11.9. The molecule has 118 valence electrons. The quantitative estimate of drug-likeness (QED) is 0.799. The third-order valence-electron chi connectivity index (χ3n) is 4.42. The molecule has 1 saturated carbocycles. The lowest BCUT2D eigenvalue weighted by Gasteiger charge is -2.22. The molecule has 1 saturated heterocycles. The van der Waals surface area contributed by atoms with E-state index in [1.807, 2.05) is 0 Å². The lowest BCUT2D eigenvalue weighted by Crippen LogP contribution is -2.36. The number of rotatable bonds is 6. The summed E-state index contributed by atoms with van der Waals surface area (Å²) in [5.74, 6) is 1.05. The van der Waals surface area contributed by atoms with Crippen LogP contribution < -0.4 is 4.72 Å². The molecule has 1 aliphatic carbocycles. The fourth-order valence-electron chi connectivity index (χ4n) is 3.22. The Hall–Kier alpha value is -0.140. The Balaban J connectivity index is 1.74. The molecule has 0 aromatic rings. The SMILES string of the molecule is O=S1(=O)CCCC(CNS(=O)(=O)CCC2CCCC2)C1. The normalized spacial score (nSPS) is 27.7. The van der Waals surface area contributed by atoms with Crippen molar-refractivity contribution in [3.05, 3.63) is 0 Å². The molecular weight excluding hydrogens is 298 g/mol. The molecular formula is C13H25NO4S2. The lowest BCUT2D eigenvalue weighted by atomic mass is 10.1. The summed E-state index contributed by atoms with van der Waals surface area (Å²) in [6.45, 7) is 0.270. The molecule has 5 nitrogen and oxygen atoms in total.